The number of aromatic nitrogens is 2. The summed E-state index contributed by atoms with van der Waals surface area (Å²) in [6.07, 6.45) is 1.59. The molecule has 3 aromatic carbocycles. The van der Waals surface area contributed by atoms with E-state index in [1.807, 2.05) is 73.7 Å². The van der Waals surface area contributed by atoms with Crippen molar-refractivity contribution in [3.05, 3.63) is 100 Å². The van der Waals surface area contributed by atoms with E-state index in [0.717, 1.165) is 11.1 Å². The second-order valence-corrected chi connectivity index (χ2v) is 7.82. The average molecular weight is 429 g/mol. The first-order chi connectivity index (χ1) is 15.1. The number of aryl methyl sites for hydroxylation is 1. The molecule has 0 fully saturated rings. The molecular weight excluding hydrogens is 408 g/mol. The van der Waals surface area contributed by atoms with Crippen molar-refractivity contribution < 1.29 is 4.79 Å². The third-order valence-electron chi connectivity index (χ3n) is 4.57. The highest BCUT2D eigenvalue weighted by molar-refractivity contribution is 7.99. The van der Waals surface area contributed by atoms with Gasteiger partial charge < -0.3 is 0 Å². The number of carbonyl (C=O) groups excluding carboxylic acids is 1. The maximum atomic E-state index is 13.1. The van der Waals surface area contributed by atoms with Crippen LogP contribution in [0.1, 0.15) is 11.1 Å². The number of para-hydroxylation sites is 2. The highest BCUT2D eigenvalue weighted by Crippen LogP contribution is 2.21. The summed E-state index contributed by atoms with van der Waals surface area (Å²) in [7, 11) is 0. The molecule has 154 valence electrons. The predicted octanol–water partition coefficient (Wildman–Crippen LogP) is 3.94. The summed E-state index contributed by atoms with van der Waals surface area (Å²) in [5, 5.41) is 4.99. The Kier molecular flexibility index (Phi) is 6.24. The summed E-state index contributed by atoms with van der Waals surface area (Å²) in [6, 6.07) is 24.3. The number of benzene rings is 3. The molecule has 0 unspecified atom stereocenters. The standard InChI is InChI=1S/C24H20N4O2S/c1-17-11-13-18(14-12-17)15-25-27-22(29)16-31-24-26-21-10-6-5-9-20(21)23(30)28(24)19-7-3-2-4-8-19/h2-15H,16H2,1H3,(H,27,29). The molecule has 1 N–H and O–H groups in total. The fourth-order valence-electron chi connectivity index (χ4n) is 3.01. The number of nitrogens with one attached hydrogen (secondary N) is 1. The number of hydrogen-bond donors (Lipinski definition) is 1. The van der Waals surface area contributed by atoms with Gasteiger partial charge in [0, 0.05) is 0 Å². The zero-order valence-corrected chi connectivity index (χ0v) is 17.7. The highest BCUT2D eigenvalue weighted by Gasteiger charge is 2.14. The number of carbonyl (C=O) groups is 1. The van der Waals surface area contributed by atoms with Gasteiger partial charge in [0.05, 0.1) is 28.6 Å². The van der Waals surface area contributed by atoms with Gasteiger partial charge in [-0.2, -0.15) is 5.10 Å². The zero-order valence-electron chi connectivity index (χ0n) is 16.9. The van der Waals surface area contributed by atoms with E-state index in [1.165, 1.54) is 16.3 Å². The fourth-order valence-corrected chi connectivity index (χ4v) is 3.81. The van der Waals surface area contributed by atoms with Gasteiger partial charge in [0.15, 0.2) is 5.16 Å². The van der Waals surface area contributed by atoms with E-state index in [0.29, 0.717) is 21.7 Å². The lowest BCUT2D eigenvalue weighted by atomic mass is 10.2. The summed E-state index contributed by atoms with van der Waals surface area (Å²) in [5.74, 6) is -0.210. The van der Waals surface area contributed by atoms with Crippen LogP contribution in [0.2, 0.25) is 0 Å². The molecule has 31 heavy (non-hydrogen) atoms. The van der Waals surface area contributed by atoms with Crippen molar-refractivity contribution >= 4 is 34.8 Å². The lowest BCUT2D eigenvalue weighted by Gasteiger charge is -2.12. The Hall–Kier alpha value is -3.71. The number of rotatable bonds is 6. The third kappa shape index (κ3) is 4.90. The van der Waals surface area contributed by atoms with Crippen molar-refractivity contribution in [2.45, 2.75) is 12.1 Å². The first-order valence-corrected chi connectivity index (χ1v) is 10.7. The molecular formula is C24H20N4O2S. The van der Waals surface area contributed by atoms with Crippen LogP contribution in [0, 0.1) is 6.92 Å². The van der Waals surface area contributed by atoms with E-state index in [-0.39, 0.29) is 17.2 Å². The first kappa shape index (κ1) is 20.6. The molecule has 1 aromatic heterocycles. The molecule has 0 atom stereocenters. The molecule has 0 spiro atoms. The summed E-state index contributed by atoms with van der Waals surface area (Å²) in [5.41, 5.74) is 5.70. The molecule has 6 nitrogen and oxygen atoms in total. The molecule has 4 aromatic rings. The van der Waals surface area contributed by atoms with Crippen LogP contribution in [-0.4, -0.2) is 27.4 Å². The van der Waals surface area contributed by atoms with E-state index in [4.69, 9.17) is 0 Å². The number of thioether (sulfide) groups is 1. The van der Waals surface area contributed by atoms with Gasteiger partial charge in [0.2, 0.25) is 0 Å². The maximum absolute atomic E-state index is 13.1. The molecule has 0 aliphatic rings. The Balaban J connectivity index is 1.54. The molecule has 0 saturated carbocycles. The van der Waals surface area contributed by atoms with Gasteiger partial charge in [-0.05, 0) is 36.8 Å². The van der Waals surface area contributed by atoms with Gasteiger partial charge in [-0.1, -0.05) is 71.9 Å². The molecule has 0 bridgehead atoms. The van der Waals surface area contributed by atoms with E-state index in [9.17, 15) is 9.59 Å². The minimum Gasteiger partial charge on any atom is -0.272 e. The number of hydrazone groups is 1. The van der Waals surface area contributed by atoms with Gasteiger partial charge in [0.1, 0.15) is 0 Å². The monoisotopic (exact) mass is 428 g/mol. The quantitative estimate of drug-likeness (QED) is 0.218. The first-order valence-electron chi connectivity index (χ1n) is 9.70. The highest BCUT2D eigenvalue weighted by atomic mass is 32.2. The van der Waals surface area contributed by atoms with E-state index in [2.05, 4.69) is 15.5 Å². The van der Waals surface area contributed by atoms with Crippen molar-refractivity contribution in [2.24, 2.45) is 5.10 Å². The Labute approximate surface area is 183 Å². The van der Waals surface area contributed by atoms with Crippen LogP contribution in [0.4, 0.5) is 0 Å². The fraction of sp³-hybridized carbons (Fsp3) is 0.0833. The Morgan fingerprint density at radius 1 is 1.03 bits per heavy atom. The van der Waals surface area contributed by atoms with Gasteiger partial charge in [-0.15, -0.1) is 0 Å². The van der Waals surface area contributed by atoms with E-state index in [1.54, 1.807) is 18.3 Å². The van der Waals surface area contributed by atoms with Crippen LogP contribution < -0.4 is 11.0 Å². The summed E-state index contributed by atoms with van der Waals surface area (Å²) >= 11 is 1.19. The molecule has 0 aliphatic heterocycles. The van der Waals surface area contributed by atoms with Crippen LogP contribution in [0.5, 0.6) is 0 Å². The van der Waals surface area contributed by atoms with Crippen LogP contribution in [-0.2, 0) is 4.79 Å². The Bertz CT molecular complexity index is 1300. The van der Waals surface area contributed by atoms with Gasteiger partial charge in [-0.3, -0.25) is 14.2 Å². The maximum Gasteiger partial charge on any atom is 0.266 e. The minimum atomic E-state index is -0.282. The van der Waals surface area contributed by atoms with Crippen molar-refractivity contribution in [1.29, 1.82) is 0 Å². The largest absolute Gasteiger partial charge is 0.272 e. The molecule has 0 saturated heterocycles. The van der Waals surface area contributed by atoms with Gasteiger partial charge in [0.25, 0.3) is 11.5 Å². The number of fused-ring (bicyclic) bond motifs is 1. The van der Waals surface area contributed by atoms with Crippen molar-refractivity contribution in [2.75, 3.05) is 5.75 Å². The van der Waals surface area contributed by atoms with Crippen LogP contribution in [0.3, 0.4) is 0 Å². The van der Waals surface area contributed by atoms with Crippen LogP contribution >= 0.6 is 11.8 Å². The minimum absolute atomic E-state index is 0.0723. The zero-order chi connectivity index (χ0) is 21.6. The Morgan fingerprint density at radius 3 is 2.52 bits per heavy atom. The van der Waals surface area contributed by atoms with Crippen LogP contribution in [0.25, 0.3) is 16.6 Å². The number of nitrogens with zero attached hydrogens (tertiary/aromatic N) is 3. The lowest BCUT2D eigenvalue weighted by molar-refractivity contribution is -0.118. The summed E-state index contributed by atoms with van der Waals surface area (Å²) < 4.78 is 1.54. The average Bonchev–Trinajstić information content (AvgIpc) is 2.80. The summed E-state index contributed by atoms with van der Waals surface area (Å²) in [4.78, 5) is 30.1. The van der Waals surface area contributed by atoms with Gasteiger partial charge in [-0.25, -0.2) is 10.4 Å². The molecule has 0 aliphatic carbocycles. The third-order valence-corrected chi connectivity index (χ3v) is 5.51. The molecule has 1 amide bonds. The smallest absolute Gasteiger partial charge is 0.266 e. The lowest BCUT2D eigenvalue weighted by Crippen LogP contribution is -2.24. The molecule has 1 heterocycles. The van der Waals surface area contributed by atoms with Gasteiger partial charge >= 0.3 is 0 Å². The summed E-state index contributed by atoms with van der Waals surface area (Å²) in [6.45, 7) is 2.01. The van der Waals surface area contributed by atoms with E-state index >= 15 is 0 Å². The molecule has 4 rings (SSSR count). The van der Waals surface area contributed by atoms with Crippen molar-refractivity contribution in [3.8, 4) is 5.69 Å². The SMILES string of the molecule is Cc1ccc(C=NNC(=O)CSc2nc3ccccc3c(=O)n2-c2ccccc2)cc1. The normalized spacial score (nSPS) is 11.1. The second kappa shape index (κ2) is 9.40. The second-order valence-electron chi connectivity index (χ2n) is 6.88. The number of amides is 1. The predicted molar refractivity (Wildman–Crippen MR) is 125 cm³/mol. The molecule has 0 radical (unpaired) electrons. The Morgan fingerprint density at radius 2 is 1.74 bits per heavy atom. The molecule has 7 heteroatoms. The van der Waals surface area contributed by atoms with Crippen molar-refractivity contribution in [3.63, 3.8) is 0 Å². The topological polar surface area (TPSA) is 76.3 Å². The number of hydrogen-bond acceptors (Lipinski definition) is 5. The van der Waals surface area contributed by atoms with E-state index < -0.39 is 0 Å². The van der Waals surface area contributed by atoms with Crippen molar-refractivity contribution in [1.82, 2.24) is 15.0 Å². The van der Waals surface area contributed by atoms with Crippen LogP contribution in [0.15, 0.2) is 93.9 Å².